The van der Waals surface area contributed by atoms with E-state index in [1.165, 1.54) is 32.3 Å². The number of fused-ring (bicyclic) bond motifs is 1. The minimum absolute atomic E-state index is 0. The second kappa shape index (κ2) is 12.9. The third-order valence-electron chi connectivity index (χ3n) is 5.41. The van der Waals surface area contributed by atoms with Crippen LogP contribution in [0.2, 0.25) is 0 Å². The van der Waals surface area contributed by atoms with Crippen LogP contribution in [0.5, 0.6) is 0 Å². The molecule has 1 saturated heterocycles. The van der Waals surface area contributed by atoms with E-state index in [0.29, 0.717) is 36.2 Å². The number of carbonyl (C=O) groups excluding carboxylic acids is 1. The summed E-state index contributed by atoms with van der Waals surface area (Å²) in [6.45, 7) is 5.35. The molecule has 0 radical (unpaired) electrons. The fourth-order valence-electron chi connectivity index (χ4n) is 3.93. The molecule has 12 nitrogen and oxygen atoms in total. The van der Waals surface area contributed by atoms with E-state index in [0.717, 1.165) is 6.42 Å². The summed E-state index contributed by atoms with van der Waals surface area (Å²) in [4.78, 5) is 49.6. The first-order chi connectivity index (χ1) is 16.5. The average molecular weight is 552 g/mol. The fourth-order valence-corrected chi connectivity index (χ4v) is 4.57. The predicted molar refractivity (Wildman–Crippen MR) is 119 cm³/mol. The molecule has 2 amide bonds. The van der Waals surface area contributed by atoms with Crippen molar-refractivity contribution in [3.63, 3.8) is 0 Å². The topological polar surface area (TPSA) is 177 Å². The van der Waals surface area contributed by atoms with Crippen molar-refractivity contribution in [2.75, 3.05) is 18.5 Å². The van der Waals surface area contributed by atoms with Crippen LogP contribution < -0.4 is 79.5 Å². The Hall–Kier alpha value is -0.960. The maximum atomic E-state index is 15.9. The maximum Gasteiger partial charge on any atom is 1.00 e. The number of aromatic amines is 1. The molecule has 3 heterocycles. The third-order valence-corrected chi connectivity index (χ3v) is 6.09. The number of nitrogens with one attached hydrogen (secondary N) is 3. The van der Waals surface area contributed by atoms with Crippen LogP contribution in [-0.4, -0.2) is 39.1 Å². The van der Waals surface area contributed by atoms with Crippen molar-refractivity contribution in [1.82, 2.24) is 25.3 Å². The van der Waals surface area contributed by atoms with Gasteiger partial charge < -0.3 is 33.9 Å². The number of hydrogen-bond donors (Lipinski definition) is 3. The SMILES string of the molecule is CCNC(=O)Nc1nc2c(C3CCCO3)c(F)c(-c3cnc(C(C)(C)OP(=O)([O-])[O-])nc3)cc2[nH]1.[Na+].[Na+]. The maximum absolute atomic E-state index is 15.9. The van der Waals surface area contributed by atoms with E-state index >= 15 is 4.39 Å². The summed E-state index contributed by atoms with van der Waals surface area (Å²) in [6.07, 6.45) is 3.46. The molecule has 1 aromatic carbocycles. The van der Waals surface area contributed by atoms with Gasteiger partial charge in [-0.15, -0.1) is 0 Å². The summed E-state index contributed by atoms with van der Waals surface area (Å²) in [5.74, 6) is -0.494. The normalized spacial score (nSPS) is 15.7. The Balaban J connectivity index is 0.00000241. The van der Waals surface area contributed by atoms with E-state index in [9.17, 15) is 19.1 Å². The van der Waals surface area contributed by atoms with Gasteiger partial charge in [0.1, 0.15) is 11.4 Å². The molecule has 2 aromatic heterocycles. The molecule has 0 aliphatic carbocycles. The minimum Gasteiger partial charge on any atom is -0.790 e. The Morgan fingerprint density at radius 1 is 1.32 bits per heavy atom. The minimum atomic E-state index is -5.29. The number of anilines is 1. The number of phosphoric ester groups is 1. The van der Waals surface area contributed by atoms with E-state index in [1.807, 2.05) is 0 Å². The van der Waals surface area contributed by atoms with Crippen LogP contribution in [0.4, 0.5) is 15.1 Å². The first-order valence-electron chi connectivity index (χ1n) is 10.9. The summed E-state index contributed by atoms with van der Waals surface area (Å²) >= 11 is 0. The Kier molecular flexibility index (Phi) is 11.3. The number of hydrogen-bond acceptors (Lipinski definition) is 9. The second-order valence-electron chi connectivity index (χ2n) is 8.46. The molecule has 188 valence electrons. The van der Waals surface area contributed by atoms with Crippen LogP contribution in [0, 0.1) is 5.82 Å². The monoisotopic (exact) mass is 552 g/mol. The Labute approximate surface area is 256 Å². The van der Waals surface area contributed by atoms with Crippen LogP contribution in [0.3, 0.4) is 0 Å². The van der Waals surface area contributed by atoms with Crippen LogP contribution in [0.1, 0.15) is 51.1 Å². The quantitative estimate of drug-likeness (QED) is 0.196. The van der Waals surface area contributed by atoms with Crippen molar-refractivity contribution in [1.29, 1.82) is 0 Å². The van der Waals surface area contributed by atoms with Gasteiger partial charge in [0.05, 0.1) is 25.0 Å². The molecule has 0 spiro atoms. The molecule has 3 N–H and O–H groups in total. The fraction of sp³-hybridized carbons (Fsp3) is 0.429. The number of nitrogens with zero attached hydrogens (tertiary/aromatic N) is 3. The number of aromatic nitrogens is 4. The van der Waals surface area contributed by atoms with Gasteiger partial charge in [-0.1, -0.05) is 0 Å². The summed E-state index contributed by atoms with van der Waals surface area (Å²) in [5, 5.41) is 5.17. The molecule has 0 bridgehead atoms. The number of urea groups is 1. The molecule has 3 aromatic rings. The van der Waals surface area contributed by atoms with E-state index in [4.69, 9.17) is 4.74 Å². The number of ether oxygens (including phenoxy) is 1. The molecule has 16 heteroatoms. The zero-order valence-electron chi connectivity index (χ0n) is 21.3. The van der Waals surface area contributed by atoms with Gasteiger partial charge in [-0.25, -0.2) is 24.1 Å². The van der Waals surface area contributed by atoms with Crippen molar-refractivity contribution in [3.05, 3.63) is 35.7 Å². The zero-order valence-corrected chi connectivity index (χ0v) is 26.1. The van der Waals surface area contributed by atoms with Crippen molar-refractivity contribution in [3.8, 4) is 11.1 Å². The van der Waals surface area contributed by atoms with Gasteiger partial charge in [0.2, 0.25) is 5.95 Å². The van der Waals surface area contributed by atoms with Crippen molar-refractivity contribution >= 4 is 30.8 Å². The number of halogens is 1. The second-order valence-corrected chi connectivity index (χ2v) is 9.54. The number of carbonyl (C=O) groups is 1. The first kappa shape index (κ1) is 32.3. The van der Waals surface area contributed by atoms with Crippen molar-refractivity contribution < 1.29 is 91.9 Å². The van der Waals surface area contributed by atoms with Crippen LogP contribution >= 0.6 is 7.82 Å². The van der Waals surface area contributed by atoms with E-state index in [-0.39, 0.29) is 82.0 Å². The number of phosphoric acid groups is 1. The van der Waals surface area contributed by atoms with Gasteiger partial charge in [0.15, 0.2) is 5.82 Å². The molecule has 1 fully saturated rings. The van der Waals surface area contributed by atoms with Crippen LogP contribution in [0.15, 0.2) is 18.5 Å². The smallest absolute Gasteiger partial charge is 0.790 e. The number of imidazole rings is 1. The average Bonchev–Trinajstić information content (AvgIpc) is 3.42. The van der Waals surface area contributed by atoms with Gasteiger partial charge >= 0.3 is 65.1 Å². The predicted octanol–water partition coefficient (Wildman–Crippen LogP) is -3.76. The van der Waals surface area contributed by atoms with E-state index < -0.39 is 31.4 Å². The Bertz CT molecular complexity index is 1300. The van der Waals surface area contributed by atoms with Gasteiger partial charge in [0, 0.05) is 42.2 Å². The van der Waals surface area contributed by atoms with Crippen LogP contribution in [0.25, 0.3) is 22.2 Å². The van der Waals surface area contributed by atoms with Gasteiger partial charge in [-0.2, -0.15) is 0 Å². The third kappa shape index (κ3) is 7.58. The van der Waals surface area contributed by atoms with Crippen molar-refractivity contribution in [2.45, 2.75) is 45.3 Å². The largest absolute Gasteiger partial charge is 1.00 e. The zero-order chi connectivity index (χ0) is 25.4. The molecule has 37 heavy (non-hydrogen) atoms. The number of H-pyrrole nitrogens is 1. The Morgan fingerprint density at radius 2 is 2.00 bits per heavy atom. The number of amides is 2. The summed E-state index contributed by atoms with van der Waals surface area (Å²) in [5.41, 5.74) is -0.111. The number of rotatable bonds is 7. The molecular weight excluding hydrogens is 528 g/mol. The molecular formula is C21H24FN6Na2O6P. The molecule has 1 aliphatic rings. The van der Waals surface area contributed by atoms with Gasteiger partial charge in [-0.3, -0.25) is 5.32 Å². The first-order valence-corrected chi connectivity index (χ1v) is 12.4. The molecule has 0 saturated carbocycles. The molecule has 1 atom stereocenters. The summed E-state index contributed by atoms with van der Waals surface area (Å²) in [7, 11) is -5.29. The Morgan fingerprint density at radius 3 is 2.57 bits per heavy atom. The van der Waals surface area contributed by atoms with Crippen LogP contribution in [-0.2, 0) is 19.4 Å². The van der Waals surface area contributed by atoms with Gasteiger partial charge in [0.25, 0.3) is 0 Å². The van der Waals surface area contributed by atoms with E-state index in [1.54, 1.807) is 6.92 Å². The summed E-state index contributed by atoms with van der Waals surface area (Å²) < 4.78 is 37.2. The standard InChI is InChI=1S/C21H26FN6O6P.2Na/c1-4-23-20(29)28-19-26-13-8-12(16(22)15(17(13)27-19)14-6-5-7-33-14)11-9-24-18(25-10-11)21(2,3)34-35(30,31)32;;/h8-10,14H,4-7H2,1-3H3,(H2,30,31,32)(H3,23,26,27,28,29);;/q;2*+1/p-2. The molecule has 1 aliphatic heterocycles. The molecule has 4 rings (SSSR count). The van der Waals surface area contributed by atoms with Crippen molar-refractivity contribution in [2.24, 2.45) is 0 Å². The van der Waals surface area contributed by atoms with E-state index in [2.05, 4.69) is 35.1 Å². The van der Waals surface area contributed by atoms with Gasteiger partial charge in [-0.05, 0) is 39.7 Å². The number of benzene rings is 1. The summed E-state index contributed by atoms with van der Waals surface area (Å²) in [6, 6.07) is 1.06. The molecule has 1 unspecified atom stereocenters.